The summed E-state index contributed by atoms with van der Waals surface area (Å²) in [6.45, 7) is 0.640. The van der Waals surface area contributed by atoms with Crippen molar-refractivity contribution in [3.8, 4) is 0 Å². The Morgan fingerprint density at radius 1 is 1.38 bits per heavy atom. The molecule has 1 aromatic carbocycles. The number of benzene rings is 1. The first kappa shape index (κ1) is 13.3. The Labute approximate surface area is 106 Å². The van der Waals surface area contributed by atoms with Crippen molar-refractivity contribution in [3.05, 3.63) is 34.9 Å². The van der Waals surface area contributed by atoms with Crippen LogP contribution in [0.1, 0.15) is 18.4 Å². The van der Waals surface area contributed by atoms with Gasteiger partial charge in [0.2, 0.25) is 5.91 Å². The third kappa shape index (κ3) is 5.38. The first-order valence-electron chi connectivity index (χ1n) is 5.29. The Morgan fingerprint density at radius 2 is 2.19 bits per heavy atom. The van der Waals surface area contributed by atoms with Gasteiger partial charge in [0.1, 0.15) is 0 Å². The van der Waals surface area contributed by atoms with Gasteiger partial charge in [-0.3, -0.25) is 4.79 Å². The topological polar surface area (TPSA) is 29.1 Å². The van der Waals surface area contributed by atoms with E-state index < -0.39 is 0 Å². The monoisotopic (exact) mass is 259 g/mol. The van der Waals surface area contributed by atoms with E-state index in [-0.39, 0.29) is 5.91 Å². The van der Waals surface area contributed by atoms with Gasteiger partial charge in [0.05, 0.1) is 0 Å². The molecule has 0 aromatic heterocycles. The molecule has 0 spiro atoms. The normalized spacial score (nSPS) is 10.1. The van der Waals surface area contributed by atoms with Gasteiger partial charge >= 0.3 is 0 Å². The fraction of sp³-hybridized carbons (Fsp3) is 0.417. The summed E-state index contributed by atoms with van der Waals surface area (Å²) >= 11 is 11.4. The van der Waals surface area contributed by atoms with E-state index >= 15 is 0 Å². The molecule has 0 aliphatic heterocycles. The van der Waals surface area contributed by atoms with Gasteiger partial charge in [0.15, 0.2) is 0 Å². The molecule has 0 heterocycles. The molecule has 1 aromatic rings. The average Bonchev–Trinajstić information content (AvgIpc) is 2.26. The van der Waals surface area contributed by atoms with Crippen LogP contribution < -0.4 is 5.32 Å². The highest BCUT2D eigenvalue weighted by molar-refractivity contribution is 6.30. The lowest BCUT2D eigenvalue weighted by molar-refractivity contribution is -0.121. The third-order valence-electron chi connectivity index (χ3n) is 2.16. The van der Waals surface area contributed by atoms with E-state index in [9.17, 15) is 4.79 Å². The van der Waals surface area contributed by atoms with E-state index in [1.807, 2.05) is 24.3 Å². The largest absolute Gasteiger partial charge is 0.356 e. The molecule has 0 radical (unpaired) electrons. The maximum atomic E-state index is 11.3. The number of nitrogens with one attached hydrogen (secondary N) is 1. The molecule has 0 bridgehead atoms. The van der Waals surface area contributed by atoms with Crippen molar-refractivity contribution in [2.45, 2.75) is 19.3 Å². The van der Waals surface area contributed by atoms with Gasteiger partial charge in [-0.25, -0.2) is 0 Å². The number of alkyl halides is 1. The number of hydrogen-bond donors (Lipinski definition) is 1. The Morgan fingerprint density at radius 3 is 2.88 bits per heavy atom. The van der Waals surface area contributed by atoms with Crippen molar-refractivity contribution >= 4 is 29.1 Å². The summed E-state index contributed by atoms with van der Waals surface area (Å²) in [4.78, 5) is 11.3. The number of carbonyl (C=O) groups excluding carboxylic acids is 1. The molecule has 1 rings (SSSR count). The van der Waals surface area contributed by atoms with Gasteiger partial charge in [0, 0.05) is 23.9 Å². The van der Waals surface area contributed by atoms with Crippen molar-refractivity contribution < 1.29 is 4.79 Å². The molecular weight excluding hydrogens is 245 g/mol. The molecule has 0 unspecified atom stereocenters. The number of hydrogen-bond acceptors (Lipinski definition) is 1. The summed E-state index contributed by atoms with van der Waals surface area (Å²) in [6, 6.07) is 7.65. The van der Waals surface area contributed by atoms with Crippen LogP contribution in [0.4, 0.5) is 0 Å². The fourth-order valence-corrected chi connectivity index (χ4v) is 1.70. The van der Waals surface area contributed by atoms with Crippen LogP contribution in [-0.4, -0.2) is 18.3 Å². The molecule has 1 N–H and O–H groups in total. The Balaban J connectivity index is 2.22. The maximum absolute atomic E-state index is 11.3. The van der Waals surface area contributed by atoms with E-state index in [0.717, 1.165) is 23.4 Å². The molecule has 0 fully saturated rings. The molecule has 0 atom stereocenters. The second-order valence-corrected chi connectivity index (χ2v) is 4.34. The van der Waals surface area contributed by atoms with Gasteiger partial charge < -0.3 is 5.32 Å². The third-order valence-corrected chi connectivity index (χ3v) is 2.66. The minimum absolute atomic E-state index is 0.0580. The van der Waals surface area contributed by atoms with E-state index in [1.54, 1.807) is 0 Å². The summed E-state index contributed by atoms with van der Waals surface area (Å²) < 4.78 is 0. The summed E-state index contributed by atoms with van der Waals surface area (Å²) in [5, 5.41) is 3.57. The van der Waals surface area contributed by atoms with Crippen LogP contribution in [0.15, 0.2) is 24.3 Å². The van der Waals surface area contributed by atoms with Crippen molar-refractivity contribution in [3.63, 3.8) is 0 Å². The van der Waals surface area contributed by atoms with Crippen LogP contribution in [0.2, 0.25) is 5.02 Å². The molecule has 88 valence electrons. The highest BCUT2D eigenvalue weighted by Crippen LogP contribution is 2.10. The van der Waals surface area contributed by atoms with Crippen LogP contribution in [0.25, 0.3) is 0 Å². The van der Waals surface area contributed by atoms with Crippen molar-refractivity contribution in [1.82, 2.24) is 5.32 Å². The van der Waals surface area contributed by atoms with Crippen LogP contribution in [-0.2, 0) is 11.2 Å². The predicted octanol–water partition coefficient (Wildman–Crippen LogP) is 3.02. The molecule has 0 aliphatic rings. The molecule has 1 amide bonds. The molecule has 0 saturated heterocycles. The van der Waals surface area contributed by atoms with E-state index in [1.165, 1.54) is 0 Å². The van der Waals surface area contributed by atoms with Crippen LogP contribution in [0, 0.1) is 0 Å². The van der Waals surface area contributed by atoms with Crippen LogP contribution in [0.5, 0.6) is 0 Å². The van der Waals surface area contributed by atoms with E-state index in [0.29, 0.717) is 18.8 Å². The summed E-state index contributed by atoms with van der Waals surface area (Å²) in [6.07, 6.45) is 2.02. The molecule has 4 heteroatoms. The van der Waals surface area contributed by atoms with Gasteiger partial charge in [-0.2, -0.15) is 0 Å². The number of halogens is 2. The lowest BCUT2D eigenvalue weighted by Gasteiger charge is -2.04. The zero-order chi connectivity index (χ0) is 11.8. The zero-order valence-corrected chi connectivity index (χ0v) is 10.5. The summed E-state index contributed by atoms with van der Waals surface area (Å²) in [5.74, 6) is 0.588. The van der Waals surface area contributed by atoms with Gasteiger partial charge in [-0.05, 0) is 30.5 Å². The van der Waals surface area contributed by atoms with Crippen molar-refractivity contribution in [2.24, 2.45) is 0 Å². The predicted molar refractivity (Wildman–Crippen MR) is 68.1 cm³/mol. The average molecular weight is 260 g/mol. The highest BCUT2D eigenvalue weighted by Gasteiger charge is 2.00. The number of rotatable bonds is 6. The zero-order valence-electron chi connectivity index (χ0n) is 9.01. The molecule has 0 aliphatic carbocycles. The minimum atomic E-state index is 0.0580. The lowest BCUT2D eigenvalue weighted by atomic mass is 10.1. The fourth-order valence-electron chi connectivity index (χ4n) is 1.35. The SMILES string of the molecule is O=C(CCCCl)NCCc1cccc(Cl)c1. The smallest absolute Gasteiger partial charge is 0.220 e. The second-order valence-electron chi connectivity index (χ2n) is 3.52. The summed E-state index contributed by atoms with van der Waals surface area (Å²) in [7, 11) is 0. The number of amides is 1. The van der Waals surface area contributed by atoms with Crippen LogP contribution >= 0.6 is 23.2 Å². The second kappa shape index (κ2) is 7.53. The Bertz CT molecular complexity index is 342. The van der Waals surface area contributed by atoms with E-state index in [2.05, 4.69) is 5.32 Å². The summed E-state index contributed by atoms with van der Waals surface area (Å²) in [5.41, 5.74) is 1.13. The molecular formula is C12H15Cl2NO. The van der Waals surface area contributed by atoms with E-state index in [4.69, 9.17) is 23.2 Å². The van der Waals surface area contributed by atoms with Crippen LogP contribution in [0.3, 0.4) is 0 Å². The molecule has 0 saturated carbocycles. The molecule has 16 heavy (non-hydrogen) atoms. The Hall–Kier alpha value is -0.730. The van der Waals surface area contributed by atoms with Crippen molar-refractivity contribution in [2.75, 3.05) is 12.4 Å². The lowest BCUT2D eigenvalue weighted by Crippen LogP contribution is -2.25. The first-order valence-corrected chi connectivity index (χ1v) is 6.20. The first-order chi connectivity index (χ1) is 7.72. The molecule has 2 nitrogen and oxygen atoms in total. The van der Waals surface area contributed by atoms with Gasteiger partial charge in [0.25, 0.3) is 0 Å². The Kier molecular flexibility index (Phi) is 6.27. The standard InChI is InChI=1S/C12H15Cl2NO/c13-7-2-5-12(16)15-8-6-10-3-1-4-11(14)9-10/h1,3-4,9H,2,5-8H2,(H,15,16). The highest BCUT2D eigenvalue weighted by atomic mass is 35.5. The maximum Gasteiger partial charge on any atom is 0.220 e. The van der Waals surface area contributed by atoms with Gasteiger partial charge in [-0.15, -0.1) is 11.6 Å². The number of carbonyl (C=O) groups is 1. The van der Waals surface area contributed by atoms with Gasteiger partial charge in [-0.1, -0.05) is 23.7 Å². The van der Waals surface area contributed by atoms with Crippen molar-refractivity contribution in [1.29, 1.82) is 0 Å². The minimum Gasteiger partial charge on any atom is -0.356 e. The quantitative estimate of drug-likeness (QED) is 0.782.